The van der Waals surface area contributed by atoms with Gasteiger partial charge in [-0.15, -0.1) is 0 Å². The molecule has 3 nitrogen and oxygen atoms in total. The highest BCUT2D eigenvalue weighted by Crippen LogP contribution is 2.09. The molecule has 2 rings (SSSR count). The van der Waals surface area contributed by atoms with E-state index in [1.807, 2.05) is 0 Å². The topological polar surface area (TPSA) is 42.9 Å². The fourth-order valence-corrected chi connectivity index (χ4v) is 1.19. The van der Waals surface area contributed by atoms with Crippen LogP contribution < -0.4 is 0 Å². The smallest absolute Gasteiger partial charge is 0.215 e. The highest BCUT2D eigenvalue weighted by Gasteiger charge is 2.14. The SMILES string of the molecule is O=C(c1cccnc1)c1ncccc1F. The average molecular weight is 202 g/mol. The van der Waals surface area contributed by atoms with Crippen LogP contribution in [0.25, 0.3) is 0 Å². The van der Waals surface area contributed by atoms with Crippen molar-refractivity contribution in [1.82, 2.24) is 9.97 Å². The minimum atomic E-state index is -0.619. The van der Waals surface area contributed by atoms with Gasteiger partial charge in [0.1, 0.15) is 5.69 Å². The third-order valence-corrected chi connectivity index (χ3v) is 1.90. The summed E-state index contributed by atoms with van der Waals surface area (Å²) in [6, 6.07) is 5.84. The van der Waals surface area contributed by atoms with E-state index in [4.69, 9.17) is 0 Å². The van der Waals surface area contributed by atoms with E-state index in [1.54, 1.807) is 18.3 Å². The Balaban J connectivity index is 2.42. The zero-order chi connectivity index (χ0) is 10.7. The van der Waals surface area contributed by atoms with E-state index in [1.165, 1.54) is 24.5 Å². The van der Waals surface area contributed by atoms with Gasteiger partial charge in [-0.05, 0) is 24.3 Å². The van der Waals surface area contributed by atoms with E-state index in [2.05, 4.69) is 9.97 Å². The molecule has 2 aromatic heterocycles. The highest BCUT2D eigenvalue weighted by atomic mass is 19.1. The summed E-state index contributed by atoms with van der Waals surface area (Å²) in [4.78, 5) is 19.2. The van der Waals surface area contributed by atoms with Crippen molar-refractivity contribution < 1.29 is 9.18 Å². The molecule has 0 amide bonds. The van der Waals surface area contributed by atoms with Crippen molar-refractivity contribution in [2.45, 2.75) is 0 Å². The molecule has 0 atom stereocenters. The Morgan fingerprint density at radius 3 is 2.67 bits per heavy atom. The molecule has 0 saturated carbocycles. The van der Waals surface area contributed by atoms with Crippen LogP contribution in [0.5, 0.6) is 0 Å². The molecule has 2 aromatic rings. The molecular formula is C11H7FN2O. The number of halogens is 1. The van der Waals surface area contributed by atoms with Gasteiger partial charge < -0.3 is 0 Å². The summed E-state index contributed by atoms with van der Waals surface area (Å²) in [7, 11) is 0. The molecule has 0 aliphatic carbocycles. The highest BCUT2D eigenvalue weighted by molar-refractivity contribution is 6.07. The lowest BCUT2D eigenvalue weighted by atomic mass is 10.1. The van der Waals surface area contributed by atoms with Crippen molar-refractivity contribution in [3.05, 3.63) is 59.9 Å². The van der Waals surface area contributed by atoms with E-state index >= 15 is 0 Å². The molecule has 0 aliphatic rings. The minimum absolute atomic E-state index is 0.175. The molecule has 0 aliphatic heterocycles. The standard InChI is InChI=1S/C11H7FN2O/c12-9-4-2-6-14-10(9)11(15)8-3-1-5-13-7-8/h1-7H. The summed E-state index contributed by atoms with van der Waals surface area (Å²) in [5.41, 5.74) is 0.153. The van der Waals surface area contributed by atoms with Crippen LogP contribution >= 0.6 is 0 Å². The Hall–Kier alpha value is -2.10. The van der Waals surface area contributed by atoms with Crippen molar-refractivity contribution >= 4 is 5.78 Å². The van der Waals surface area contributed by atoms with Crippen molar-refractivity contribution in [3.8, 4) is 0 Å². The number of pyridine rings is 2. The van der Waals surface area contributed by atoms with Gasteiger partial charge in [-0.25, -0.2) is 9.37 Å². The summed E-state index contributed by atoms with van der Waals surface area (Å²) < 4.78 is 13.2. The quantitative estimate of drug-likeness (QED) is 0.698. The lowest BCUT2D eigenvalue weighted by Crippen LogP contribution is -2.06. The maximum atomic E-state index is 13.2. The van der Waals surface area contributed by atoms with Gasteiger partial charge in [0.2, 0.25) is 5.78 Å². The molecule has 0 N–H and O–H groups in total. The predicted octanol–water partition coefficient (Wildman–Crippen LogP) is 1.85. The molecule has 2 heterocycles. The average Bonchev–Trinajstić information content (AvgIpc) is 2.30. The van der Waals surface area contributed by atoms with Crippen LogP contribution in [0, 0.1) is 5.82 Å². The lowest BCUT2D eigenvalue weighted by Gasteiger charge is -1.99. The fraction of sp³-hybridized carbons (Fsp3) is 0. The summed E-state index contributed by atoms with van der Waals surface area (Å²) in [6.45, 7) is 0. The van der Waals surface area contributed by atoms with Crippen LogP contribution in [0.1, 0.15) is 16.1 Å². The van der Waals surface area contributed by atoms with E-state index in [0.717, 1.165) is 0 Å². The molecule has 0 fully saturated rings. The molecule has 0 radical (unpaired) electrons. The van der Waals surface area contributed by atoms with Crippen molar-refractivity contribution in [1.29, 1.82) is 0 Å². The summed E-state index contributed by atoms with van der Waals surface area (Å²) in [5, 5.41) is 0. The van der Waals surface area contributed by atoms with E-state index < -0.39 is 11.6 Å². The normalized spacial score (nSPS) is 9.93. The van der Waals surface area contributed by atoms with Crippen LogP contribution in [0.2, 0.25) is 0 Å². The molecule has 0 aromatic carbocycles. The van der Waals surface area contributed by atoms with Gasteiger partial charge in [0.25, 0.3) is 0 Å². The third kappa shape index (κ3) is 1.88. The van der Waals surface area contributed by atoms with Gasteiger partial charge in [-0.1, -0.05) is 0 Å². The molecule has 0 bridgehead atoms. The zero-order valence-electron chi connectivity index (χ0n) is 7.72. The number of carbonyl (C=O) groups excluding carboxylic acids is 1. The summed E-state index contributed by atoms with van der Waals surface area (Å²) in [6.07, 6.45) is 4.31. The van der Waals surface area contributed by atoms with Gasteiger partial charge in [0, 0.05) is 24.2 Å². The lowest BCUT2D eigenvalue weighted by molar-refractivity contribution is 0.103. The van der Waals surface area contributed by atoms with Gasteiger partial charge in [0.05, 0.1) is 0 Å². The van der Waals surface area contributed by atoms with E-state index in [-0.39, 0.29) is 5.69 Å². The Morgan fingerprint density at radius 2 is 2.00 bits per heavy atom. The molecule has 4 heteroatoms. The number of nitrogens with zero attached hydrogens (tertiary/aromatic N) is 2. The molecule has 0 unspecified atom stereocenters. The minimum Gasteiger partial charge on any atom is -0.287 e. The van der Waals surface area contributed by atoms with Gasteiger partial charge in [0.15, 0.2) is 5.82 Å². The first-order valence-corrected chi connectivity index (χ1v) is 4.34. The zero-order valence-corrected chi connectivity index (χ0v) is 7.72. The number of hydrogen-bond donors (Lipinski definition) is 0. The monoisotopic (exact) mass is 202 g/mol. The predicted molar refractivity (Wildman–Crippen MR) is 51.9 cm³/mol. The Bertz CT molecular complexity index is 485. The van der Waals surface area contributed by atoms with Gasteiger partial charge in [-0.3, -0.25) is 9.78 Å². The number of hydrogen-bond acceptors (Lipinski definition) is 3. The van der Waals surface area contributed by atoms with Gasteiger partial charge >= 0.3 is 0 Å². The second-order valence-corrected chi connectivity index (χ2v) is 2.90. The van der Waals surface area contributed by atoms with Crippen LogP contribution in [0.15, 0.2) is 42.9 Å². The first-order chi connectivity index (χ1) is 7.29. The number of ketones is 1. The molecule has 15 heavy (non-hydrogen) atoms. The second-order valence-electron chi connectivity index (χ2n) is 2.90. The van der Waals surface area contributed by atoms with Crippen molar-refractivity contribution in [2.75, 3.05) is 0 Å². The number of carbonyl (C=O) groups is 1. The molecule has 74 valence electrons. The Kier molecular flexibility index (Phi) is 2.49. The maximum absolute atomic E-state index is 13.2. The fourth-order valence-electron chi connectivity index (χ4n) is 1.19. The number of rotatable bonds is 2. The first-order valence-electron chi connectivity index (χ1n) is 4.34. The molecule has 0 saturated heterocycles. The summed E-state index contributed by atoms with van der Waals surface area (Å²) in [5.74, 6) is -1.08. The van der Waals surface area contributed by atoms with E-state index in [0.29, 0.717) is 5.56 Å². The second kappa shape index (κ2) is 3.96. The third-order valence-electron chi connectivity index (χ3n) is 1.90. The van der Waals surface area contributed by atoms with Gasteiger partial charge in [-0.2, -0.15) is 0 Å². The van der Waals surface area contributed by atoms with Crippen LogP contribution in [0.3, 0.4) is 0 Å². The summed E-state index contributed by atoms with van der Waals surface area (Å²) >= 11 is 0. The van der Waals surface area contributed by atoms with Crippen LogP contribution in [-0.4, -0.2) is 15.8 Å². The van der Waals surface area contributed by atoms with Crippen molar-refractivity contribution in [3.63, 3.8) is 0 Å². The molecule has 0 spiro atoms. The number of aromatic nitrogens is 2. The van der Waals surface area contributed by atoms with Crippen LogP contribution in [0.4, 0.5) is 4.39 Å². The molecular weight excluding hydrogens is 195 g/mol. The first kappa shape index (κ1) is 9.45. The maximum Gasteiger partial charge on any atom is 0.215 e. The largest absolute Gasteiger partial charge is 0.287 e. The van der Waals surface area contributed by atoms with E-state index in [9.17, 15) is 9.18 Å². The van der Waals surface area contributed by atoms with Crippen LogP contribution in [-0.2, 0) is 0 Å². The Morgan fingerprint density at radius 1 is 1.20 bits per heavy atom. The Labute approximate surface area is 85.6 Å². The van der Waals surface area contributed by atoms with Crippen molar-refractivity contribution in [2.24, 2.45) is 0 Å².